The van der Waals surface area contributed by atoms with Crippen LogP contribution in [0.25, 0.3) is 0 Å². The van der Waals surface area contributed by atoms with Crippen LogP contribution in [-0.2, 0) is 6.42 Å². The topological polar surface area (TPSA) is 21.3 Å². The third-order valence-corrected chi connectivity index (χ3v) is 4.15. The quantitative estimate of drug-likeness (QED) is 0.703. The van der Waals surface area contributed by atoms with Gasteiger partial charge < -0.3 is 10.1 Å². The maximum atomic E-state index is 6.17. The number of anilines is 1. The van der Waals surface area contributed by atoms with E-state index in [1.54, 1.807) is 19.2 Å². The van der Waals surface area contributed by atoms with Crippen molar-refractivity contribution in [3.8, 4) is 5.75 Å². The Morgan fingerprint density at radius 2 is 1.62 bits per heavy atom. The van der Waals surface area contributed by atoms with Gasteiger partial charge in [0, 0.05) is 6.04 Å². The van der Waals surface area contributed by atoms with Crippen molar-refractivity contribution in [1.82, 2.24) is 0 Å². The maximum absolute atomic E-state index is 6.17. The van der Waals surface area contributed by atoms with Crippen molar-refractivity contribution in [3.63, 3.8) is 0 Å². The molecule has 0 saturated heterocycles. The van der Waals surface area contributed by atoms with E-state index in [0.29, 0.717) is 15.1 Å². The smallest absolute Gasteiger partial charge is 0.118 e. The third kappa shape index (κ3) is 4.44. The summed E-state index contributed by atoms with van der Waals surface area (Å²) in [7, 11) is 1.66. The Labute approximate surface area is 140 Å². The molecule has 2 rings (SSSR count). The third-order valence-electron chi connectivity index (χ3n) is 3.11. The molecule has 1 unspecified atom stereocenters. The first-order chi connectivity index (χ1) is 9.99. The zero-order valence-electron chi connectivity index (χ0n) is 11.8. The lowest BCUT2D eigenvalue weighted by Crippen LogP contribution is -2.18. The van der Waals surface area contributed by atoms with Crippen LogP contribution in [0.4, 0.5) is 5.69 Å². The highest BCUT2D eigenvalue weighted by molar-refractivity contribution is 6.44. The number of halogens is 3. The molecular formula is C16H16Cl3NO. The molecule has 2 nitrogen and oxygen atoms in total. The lowest BCUT2D eigenvalue weighted by Gasteiger charge is -2.17. The first kappa shape index (κ1) is 16.3. The highest BCUT2D eigenvalue weighted by Gasteiger charge is 2.09. The van der Waals surface area contributed by atoms with Gasteiger partial charge in [0.1, 0.15) is 5.75 Å². The van der Waals surface area contributed by atoms with Gasteiger partial charge in [0.15, 0.2) is 0 Å². The summed E-state index contributed by atoms with van der Waals surface area (Å²) in [6.07, 6.45) is 0.862. The Morgan fingerprint density at radius 1 is 1.00 bits per heavy atom. The maximum Gasteiger partial charge on any atom is 0.118 e. The van der Waals surface area contributed by atoms with Crippen molar-refractivity contribution in [2.24, 2.45) is 0 Å². The van der Waals surface area contributed by atoms with Crippen LogP contribution in [-0.4, -0.2) is 13.2 Å². The molecule has 1 atom stereocenters. The van der Waals surface area contributed by atoms with Crippen molar-refractivity contribution >= 4 is 40.5 Å². The molecule has 0 heterocycles. The molecule has 0 aliphatic heterocycles. The minimum Gasteiger partial charge on any atom is -0.497 e. The summed E-state index contributed by atoms with van der Waals surface area (Å²) >= 11 is 18.1. The molecule has 0 amide bonds. The van der Waals surface area contributed by atoms with E-state index in [1.165, 1.54) is 5.56 Å². The van der Waals surface area contributed by atoms with Crippen molar-refractivity contribution < 1.29 is 4.74 Å². The number of hydrogen-bond donors (Lipinski definition) is 1. The average molecular weight is 345 g/mol. The highest BCUT2D eigenvalue weighted by Crippen LogP contribution is 2.32. The standard InChI is InChI=1S/C16H16Cl3NO/c1-10(7-11-3-5-12(21-2)6-4-11)20-16-9-14(18)13(17)8-15(16)19/h3-6,8-10,20H,7H2,1-2H3. The summed E-state index contributed by atoms with van der Waals surface area (Å²) in [6, 6.07) is 11.6. The SMILES string of the molecule is COc1ccc(CC(C)Nc2cc(Cl)c(Cl)cc2Cl)cc1. The molecule has 112 valence electrons. The van der Waals surface area contributed by atoms with Gasteiger partial charge in [0.25, 0.3) is 0 Å². The Kier molecular flexibility index (Phi) is 5.63. The monoisotopic (exact) mass is 343 g/mol. The van der Waals surface area contributed by atoms with E-state index >= 15 is 0 Å². The number of hydrogen-bond acceptors (Lipinski definition) is 2. The summed E-state index contributed by atoms with van der Waals surface area (Å²) in [4.78, 5) is 0. The Hall–Kier alpha value is -1.09. The van der Waals surface area contributed by atoms with Crippen LogP contribution in [0.2, 0.25) is 15.1 Å². The van der Waals surface area contributed by atoms with Crippen LogP contribution in [0, 0.1) is 0 Å². The number of rotatable bonds is 5. The normalized spacial score (nSPS) is 12.0. The van der Waals surface area contributed by atoms with Crippen LogP contribution in [0.5, 0.6) is 5.75 Å². The molecule has 2 aromatic carbocycles. The van der Waals surface area contributed by atoms with Crippen molar-refractivity contribution in [1.29, 1.82) is 0 Å². The molecule has 0 aromatic heterocycles. The molecule has 0 radical (unpaired) electrons. The molecule has 0 aliphatic carbocycles. The summed E-state index contributed by atoms with van der Waals surface area (Å²) in [5, 5.41) is 4.85. The summed E-state index contributed by atoms with van der Waals surface area (Å²) in [6.45, 7) is 2.09. The fourth-order valence-corrected chi connectivity index (χ4v) is 2.67. The molecular weight excluding hydrogens is 329 g/mol. The lowest BCUT2D eigenvalue weighted by molar-refractivity contribution is 0.414. The minimum atomic E-state index is 0.202. The van der Waals surface area contributed by atoms with Crippen LogP contribution >= 0.6 is 34.8 Å². The predicted octanol–water partition coefficient (Wildman–Crippen LogP) is 5.70. The number of benzene rings is 2. The molecule has 0 spiro atoms. The van der Waals surface area contributed by atoms with Gasteiger partial charge in [-0.05, 0) is 43.2 Å². The van der Waals surface area contributed by atoms with E-state index < -0.39 is 0 Å². The van der Waals surface area contributed by atoms with Crippen molar-refractivity contribution in [2.75, 3.05) is 12.4 Å². The second kappa shape index (κ2) is 7.26. The van der Waals surface area contributed by atoms with E-state index in [9.17, 15) is 0 Å². The van der Waals surface area contributed by atoms with Gasteiger partial charge in [-0.25, -0.2) is 0 Å². The number of methoxy groups -OCH3 is 1. The largest absolute Gasteiger partial charge is 0.497 e. The highest BCUT2D eigenvalue weighted by atomic mass is 35.5. The second-order valence-corrected chi connectivity index (χ2v) is 6.07. The Bertz CT molecular complexity index is 614. The summed E-state index contributed by atoms with van der Waals surface area (Å²) in [5.74, 6) is 0.854. The van der Waals surface area contributed by atoms with E-state index in [2.05, 4.69) is 12.2 Å². The molecule has 0 fully saturated rings. The molecule has 0 bridgehead atoms. The van der Waals surface area contributed by atoms with Crippen LogP contribution in [0.1, 0.15) is 12.5 Å². The van der Waals surface area contributed by atoms with Gasteiger partial charge >= 0.3 is 0 Å². The van der Waals surface area contributed by atoms with E-state index in [-0.39, 0.29) is 6.04 Å². The lowest BCUT2D eigenvalue weighted by atomic mass is 10.1. The van der Waals surface area contributed by atoms with Gasteiger partial charge in [-0.3, -0.25) is 0 Å². The Morgan fingerprint density at radius 3 is 2.24 bits per heavy atom. The zero-order chi connectivity index (χ0) is 15.4. The van der Waals surface area contributed by atoms with Gasteiger partial charge in [0.2, 0.25) is 0 Å². The van der Waals surface area contributed by atoms with E-state index in [4.69, 9.17) is 39.5 Å². The molecule has 0 saturated carbocycles. The van der Waals surface area contributed by atoms with Gasteiger partial charge in [-0.15, -0.1) is 0 Å². The van der Waals surface area contributed by atoms with Crippen molar-refractivity contribution in [3.05, 3.63) is 57.0 Å². The van der Waals surface area contributed by atoms with Gasteiger partial charge in [-0.1, -0.05) is 46.9 Å². The molecule has 0 aliphatic rings. The molecule has 1 N–H and O–H groups in total. The average Bonchev–Trinajstić information content (AvgIpc) is 2.45. The van der Waals surface area contributed by atoms with E-state index in [0.717, 1.165) is 17.9 Å². The van der Waals surface area contributed by atoms with Crippen molar-refractivity contribution in [2.45, 2.75) is 19.4 Å². The minimum absolute atomic E-state index is 0.202. The fraction of sp³-hybridized carbons (Fsp3) is 0.250. The molecule has 5 heteroatoms. The first-order valence-corrected chi connectivity index (χ1v) is 7.67. The van der Waals surface area contributed by atoms with Crippen LogP contribution in [0.15, 0.2) is 36.4 Å². The predicted molar refractivity (Wildman–Crippen MR) is 91.3 cm³/mol. The zero-order valence-corrected chi connectivity index (χ0v) is 14.1. The van der Waals surface area contributed by atoms with Gasteiger partial charge in [-0.2, -0.15) is 0 Å². The van der Waals surface area contributed by atoms with Crippen LogP contribution < -0.4 is 10.1 Å². The fourth-order valence-electron chi connectivity index (χ4n) is 2.06. The second-order valence-electron chi connectivity index (χ2n) is 4.84. The number of ether oxygens (including phenoxy) is 1. The Balaban J connectivity index is 2.04. The summed E-state index contributed by atoms with van der Waals surface area (Å²) < 4.78 is 5.15. The molecule has 21 heavy (non-hydrogen) atoms. The summed E-state index contributed by atoms with van der Waals surface area (Å²) in [5.41, 5.74) is 2.00. The number of nitrogens with one attached hydrogen (secondary N) is 1. The van der Waals surface area contributed by atoms with Crippen LogP contribution in [0.3, 0.4) is 0 Å². The van der Waals surface area contributed by atoms with E-state index in [1.807, 2.05) is 24.3 Å². The first-order valence-electron chi connectivity index (χ1n) is 6.53. The molecule has 2 aromatic rings. The van der Waals surface area contributed by atoms with Gasteiger partial charge in [0.05, 0.1) is 27.9 Å².